The molecule has 0 N–H and O–H groups in total. The van der Waals surface area contributed by atoms with Gasteiger partial charge in [-0.25, -0.2) is 0 Å². The molecule has 1 fully saturated rings. The summed E-state index contributed by atoms with van der Waals surface area (Å²) >= 11 is 12.2. The maximum atomic E-state index is 12.5. The van der Waals surface area contributed by atoms with Crippen LogP contribution in [0.1, 0.15) is 31.2 Å². The Balaban J connectivity index is 2.11. The minimum atomic E-state index is -0.298. The first kappa shape index (κ1) is 17.8. The third kappa shape index (κ3) is 4.72. The van der Waals surface area contributed by atoms with Crippen LogP contribution in [0.2, 0.25) is 10.0 Å². The van der Waals surface area contributed by atoms with Gasteiger partial charge >= 0.3 is 5.97 Å². The first-order valence-corrected chi connectivity index (χ1v) is 8.28. The summed E-state index contributed by atoms with van der Waals surface area (Å²) in [5.41, 5.74) is 0.616. The predicted octanol–water partition coefficient (Wildman–Crippen LogP) is 3.95. The fourth-order valence-electron chi connectivity index (χ4n) is 2.70. The summed E-state index contributed by atoms with van der Waals surface area (Å²) in [6.45, 7) is 0.640. The lowest BCUT2D eigenvalue weighted by molar-refractivity contribution is -0.143. The Morgan fingerprint density at radius 1 is 1.30 bits per heavy atom. The molecule has 1 unspecified atom stereocenters. The average molecular weight is 356 g/mol. The molecule has 124 valence electrons. The number of nitrogens with zero attached hydrogens (tertiary/aromatic N) is 1. The van der Waals surface area contributed by atoms with Gasteiger partial charge in [-0.2, -0.15) is 0 Å². The second-order valence-corrected chi connectivity index (χ2v) is 6.24. The predicted molar refractivity (Wildman–Crippen MR) is 91.5 cm³/mol. The van der Waals surface area contributed by atoms with E-state index in [1.54, 1.807) is 29.2 Å². The molecule has 1 aromatic rings. The molecular formula is C17H19Cl2NO3. The molecular weight excluding hydrogens is 337 g/mol. The number of methoxy groups -OCH3 is 1. The number of benzene rings is 1. The molecule has 0 spiro atoms. The van der Waals surface area contributed by atoms with Crippen molar-refractivity contribution >= 4 is 41.2 Å². The van der Waals surface area contributed by atoms with Gasteiger partial charge in [0.05, 0.1) is 13.5 Å². The lowest BCUT2D eigenvalue weighted by Gasteiger charge is -2.34. The van der Waals surface area contributed by atoms with Gasteiger partial charge in [0.15, 0.2) is 0 Å². The van der Waals surface area contributed by atoms with Gasteiger partial charge in [-0.3, -0.25) is 9.59 Å². The second kappa shape index (κ2) is 8.37. The number of carbonyl (C=O) groups excluding carboxylic acids is 2. The highest BCUT2D eigenvalue weighted by Crippen LogP contribution is 2.26. The van der Waals surface area contributed by atoms with Gasteiger partial charge in [0.2, 0.25) is 5.91 Å². The van der Waals surface area contributed by atoms with Crippen molar-refractivity contribution in [2.24, 2.45) is 0 Å². The van der Waals surface area contributed by atoms with Crippen LogP contribution in [-0.4, -0.2) is 36.5 Å². The van der Waals surface area contributed by atoms with E-state index in [0.29, 0.717) is 22.2 Å². The maximum absolute atomic E-state index is 12.5. The molecule has 4 nitrogen and oxygen atoms in total. The molecule has 6 heteroatoms. The van der Waals surface area contributed by atoms with Crippen LogP contribution < -0.4 is 0 Å². The van der Waals surface area contributed by atoms with Gasteiger partial charge in [-0.15, -0.1) is 0 Å². The Hall–Kier alpha value is -1.52. The van der Waals surface area contributed by atoms with E-state index >= 15 is 0 Å². The van der Waals surface area contributed by atoms with Gasteiger partial charge in [0.25, 0.3) is 0 Å². The minimum Gasteiger partial charge on any atom is -0.469 e. The quantitative estimate of drug-likeness (QED) is 0.606. The van der Waals surface area contributed by atoms with Gasteiger partial charge in [-0.1, -0.05) is 29.3 Å². The summed E-state index contributed by atoms with van der Waals surface area (Å²) in [6.07, 6.45) is 6.06. The molecule has 1 atom stereocenters. The third-order valence-electron chi connectivity index (χ3n) is 3.93. The fourth-order valence-corrected chi connectivity index (χ4v) is 3.22. The molecule has 0 aliphatic carbocycles. The van der Waals surface area contributed by atoms with Crippen LogP contribution >= 0.6 is 23.2 Å². The largest absolute Gasteiger partial charge is 0.469 e. The standard InChI is InChI=1S/C17H19Cl2NO3/c1-23-17(22)11-12-5-2-3-10-20(12)16(21)9-8-13-14(18)6-4-7-15(13)19/h4,6-9,12H,2-3,5,10-11H2,1H3. The highest BCUT2D eigenvalue weighted by molar-refractivity contribution is 6.37. The summed E-state index contributed by atoms with van der Waals surface area (Å²) in [5, 5.41) is 0.984. The number of ether oxygens (including phenoxy) is 1. The average Bonchev–Trinajstić information content (AvgIpc) is 2.54. The van der Waals surface area contributed by atoms with Crippen LogP contribution in [0.25, 0.3) is 6.08 Å². The van der Waals surface area contributed by atoms with E-state index in [1.165, 1.54) is 13.2 Å². The normalized spacial score (nSPS) is 18.2. The van der Waals surface area contributed by atoms with Gasteiger partial charge < -0.3 is 9.64 Å². The van der Waals surface area contributed by atoms with Crippen LogP contribution in [0, 0.1) is 0 Å². The summed E-state index contributed by atoms with van der Waals surface area (Å²) in [7, 11) is 1.36. The number of likely N-dealkylation sites (tertiary alicyclic amines) is 1. The number of halogens is 2. The third-order valence-corrected chi connectivity index (χ3v) is 4.59. The van der Waals surface area contributed by atoms with Crippen LogP contribution in [0.3, 0.4) is 0 Å². The van der Waals surface area contributed by atoms with Gasteiger partial charge in [0.1, 0.15) is 0 Å². The number of hydrogen-bond donors (Lipinski definition) is 0. The van der Waals surface area contributed by atoms with Crippen LogP contribution in [-0.2, 0) is 14.3 Å². The Labute approximate surface area is 146 Å². The van der Waals surface area contributed by atoms with Crippen molar-refractivity contribution in [3.8, 4) is 0 Å². The summed E-state index contributed by atoms with van der Waals surface area (Å²) in [4.78, 5) is 25.7. The Kier molecular flexibility index (Phi) is 6.48. The number of piperidine rings is 1. The van der Waals surface area contributed by atoms with Crippen LogP contribution in [0.5, 0.6) is 0 Å². The van der Waals surface area contributed by atoms with Crippen LogP contribution in [0.15, 0.2) is 24.3 Å². The van der Waals surface area contributed by atoms with Crippen molar-refractivity contribution in [1.29, 1.82) is 0 Å². The van der Waals surface area contributed by atoms with Crippen molar-refractivity contribution in [3.05, 3.63) is 39.9 Å². The minimum absolute atomic E-state index is 0.116. The number of rotatable bonds is 4. The number of amides is 1. The van der Waals surface area contributed by atoms with Crippen molar-refractivity contribution in [2.75, 3.05) is 13.7 Å². The summed E-state index contributed by atoms with van der Waals surface area (Å²) in [6, 6.07) is 5.08. The zero-order valence-corrected chi connectivity index (χ0v) is 14.4. The second-order valence-electron chi connectivity index (χ2n) is 5.43. The molecule has 23 heavy (non-hydrogen) atoms. The highest BCUT2D eigenvalue weighted by atomic mass is 35.5. The van der Waals surface area contributed by atoms with E-state index in [-0.39, 0.29) is 24.3 Å². The zero-order chi connectivity index (χ0) is 16.8. The fraction of sp³-hybridized carbons (Fsp3) is 0.412. The molecule has 1 aliphatic heterocycles. The Morgan fingerprint density at radius 2 is 2.00 bits per heavy atom. The molecule has 1 aromatic carbocycles. The van der Waals surface area contributed by atoms with Crippen molar-refractivity contribution in [3.63, 3.8) is 0 Å². The molecule has 0 aromatic heterocycles. The molecule has 1 aliphatic rings. The van der Waals surface area contributed by atoms with E-state index < -0.39 is 0 Å². The van der Waals surface area contributed by atoms with E-state index in [2.05, 4.69) is 0 Å². The lowest BCUT2D eigenvalue weighted by Crippen LogP contribution is -2.44. The first-order chi connectivity index (χ1) is 11.0. The van der Waals surface area contributed by atoms with E-state index in [0.717, 1.165) is 19.3 Å². The molecule has 2 rings (SSSR count). The smallest absolute Gasteiger partial charge is 0.307 e. The maximum Gasteiger partial charge on any atom is 0.307 e. The SMILES string of the molecule is COC(=O)CC1CCCCN1C(=O)C=Cc1c(Cl)cccc1Cl. The van der Waals surface area contributed by atoms with E-state index in [4.69, 9.17) is 27.9 Å². The molecule has 0 bridgehead atoms. The number of esters is 1. The number of hydrogen-bond acceptors (Lipinski definition) is 3. The topological polar surface area (TPSA) is 46.6 Å². The van der Waals surface area contributed by atoms with Crippen molar-refractivity contribution in [2.45, 2.75) is 31.7 Å². The van der Waals surface area contributed by atoms with Crippen molar-refractivity contribution < 1.29 is 14.3 Å². The van der Waals surface area contributed by atoms with Crippen molar-refractivity contribution in [1.82, 2.24) is 4.90 Å². The highest BCUT2D eigenvalue weighted by Gasteiger charge is 2.27. The molecule has 0 saturated carbocycles. The van der Waals surface area contributed by atoms with E-state index in [1.807, 2.05) is 0 Å². The zero-order valence-electron chi connectivity index (χ0n) is 12.9. The Morgan fingerprint density at radius 3 is 2.65 bits per heavy atom. The summed E-state index contributed by atoms with van der Waals surface area (Å²) < 4.78 is 4.71. The molecule has 1 saturated heterocycles. The summed E-state index contributed by atoms with van der Waals surface area (Å²) in [5.74, 6) is -0.442. The number of carbonyl (C=O) groups is 2. The van der Waals surface area contributed by atoms with Crippen LogP contribution in [0.4, 0.5) is 0 Å². The monoisotopic (exact) mass is 355 g/mol. The lowest BCUT2D eigenvalue weighted by atomic mass is 9.99. The Bertz CT molecular complexity index is 596. The molecule has 0 radical (unpaired) electrons. The molecule has 1 amide bonds. The first-order valence-electron chi connectivity index (χ1n) is 7.52. The molecule has 1 heterocycles. The van der Waals surface area contributed by atoms with Gasteiger partial charge in [0, 0.05) is 34.3 Å². The van der Waals surface area contributed by atoms with Gasteiger partial charge in [-0.05, 0) is 37.5 Å². The van der Waals surface area contributed by atoms with E-state index in [9.17, 15) is 9.59 Å².